The van der Waals surface area contributed by atoms with Crippen LogP contribution >= 0.6 is 0 Å². The SMILES string of the molecule is C=C(C)CNS(=O)(=O)c1cc(C(=O)O)ccc1CC. The lowest BCUT2D eigenvalue weighted by Gasteiger charge is -2.11. The van der Waals surface area contributed by atoms with Crippen molar-refractivity contribution in [3.05, 3.63) is 41.5 Å². The fourth-order valence-electron chi connectivity index (χ4n) is 1.53. The minimum absolute atomic E-state index is 0.0103. The highest BCUT2D eigenvalue weighted by molar-refractivity contribution is 7.89. The molecule has 6 heteroatoms. The predicted octanol–water partition coefficient (Wildman–Crippen LogP) is 1.80. The molecule has 0 aliphatic heterocycles. The normalized spacial score (nSPS) is 11.3. The van der Waals surface area contributed by atoms with E-state index in [2.05, 4.69) is 11.3 Å². The number of sulfonamides is 1. The summed E-state index contributed by atoms with van der Waals surface area (Å²) in [6, 6.07) is 4.11. The van der Waals surface area contributed by atoms with Crippen LogP contribution < -0.4 is 4.72 Å². The van der Waals surface area contributed by atoms with E-state index in [4.69, 9.17) is 5.11 Å². The van der Waals surface area contributed by atoms with E-state index in [1.807, 2.05) is 6.92 Å². The van der Waals surface area contributed by atoms with Gasteiger partial charge in [-0.15, -0.1) is 0 Å². The Labute approximate surface area is 113 Å². The third-order valence-corrected chi connectivity index (χ3v) is 4.03. The van der Waals surface area contributed by atoms with Gasteiger partial charge in [0.05, 0.1) is 10.5 Å². The Kier molecular flexibility index (Phi) is 4.85. The van der Waals surface area contributed by atoms with Gasteiger partial charge >= 0.3 is 5.97 Å². The molecule has 0 unspecified atom stereocenters. The molecule has 0 aromatic heterocycles. The predicted molar refractivity (Wildman–Crippen MR) is 72.8 cm³/mol. The van der Waals surface area contributed by atoms with E-state index in [9.17, 15) is 13.2 Å². The topological polar surface area (TPSA) is 83.5 Å². The van der Waals surface area contributed by atoms with Gasteiger partial charge in [-0.2, -0.15) is 0 Å². The summed E-state index contributed by atoms with van der Waals surface area (Å²) in [5, 5.41) is 8.93. The van der Waals surface area contributed by atoms with Crippen molar-refractivity contribution in [2.24, 2.45) is 0 Å². The quantitative estimate of drug-likeness (QED) is 0.780. The molecule has 0 aliphatic rings. The second-order valence-electron chi connectivity index (χ2n) is 4.26. The molecule has 0 amide bonds. The zero-order valence-electron chi connectivity index (χ0n) is 10.9. The van der Waals surface area contributed by atoms with Crippen LogP contribution in [0.2, 0.25) is 0 Å². The van der Waals surface area contributed by atoms with Gasteiger partial charge in [0.1, 0.15) is 0 Å². The maximum atomic E-state index is 12.1. The van der Waals surface area contributed by atoms with Gasteiger partial charge in [-0.25, -0.2) is 17.9 Å². The van der Waals surface area contributed by atoms with E-state index in [1.165, 1.54) is 18.2 Å². The molecule has 0 atom stereocenters. The van der Waals surface area contributed by atoms with Crippen molar-refractivity contribution in [1.82, 2.24) is 4.72 Å². The fourth-order valence-corrected chi connectivity index (χ4v) is 2.96. The minimum Gasteiger partial charge on any atom is -0.478 e. The fraction of sp³-hybridized carbons (Fsp3) is 0.308. The van der Waals surface area contributed by atoms with E-state index in [1.54, 1.807) is 6.92 Å². The average Bonchev–Trinajstić information content (AvgIpc) is 2.35. The summed E-state index contributed by atoms with van der Waals surface area (Å²) < 4.78 is 26.7. The molecule has 5 nitrogen and oxygen atoms in total. The van der Waals surface area contributed by atoms with Gasteiger partial charge in [-0.3, -0.25) is 0 Å². The highest BCUT2D eigenvalue weighted by atomic mass is 32.2. The Balaban J connectivity index is 3.26. The number of carbonyl (C=O) groups is 1. The molecule has 104 valence electrons. The molecule has 0 heterocycles. The van der Waals surface area contributed by atoms with E-state index < -0.39 is 16.0 Å². The first-order chi connectivity index (χ1) is 8.77. The van der Waals surface area contributed by atoms with Crippen LogP contribution in [0.3, 0.4) is 0 Å². The molecule has 0 spiro atoms. The van der Waals surface area contributed by atoms with Gasteiger partial charge < -0.3 is 5.11 Å². The summed E-state index contributed by atoms with van der Waals surface area (Å²) in [5.74, 6) is -1.15. The second-order valence-corrected chi connectivity index (χ2v) is 6.00. The number of aromatic carboxylic acids is 1. The molecule has 0 saturated carbocycles. The maximum Gasteiger partial charge on any atom is 0.335 e. The molecule has 1 aromatic rings. The van der Waals surface area contributed by atoms with Crippen LogP contribution in [0.25, 0.3) is 0 Å². The van der Waals surface area contributed by atoms with Crippen molar-refractivity contribution in [1.29, 1.82) is 0 Å². The van der Waals surface area contributed by atoms with E-state index in [-0.39, 0.29) is 17.0 Å². The summed E-state index contributed by atoms with van der Waals surface area (Å²) in [7, 11) is -3.73. The Morgan fingerprint density at radius 2 is 2.05 bits per heavy atom. The van der Waals surface area contributed by atoms with Gasteiger partial charge in [0.2, 0.25) is 10.0 Å². The third-order valence-electron chi connectivity index (χ3n) is 2.55. The van der Waals surface area contributed by atoms with Crippen LogP contribution in [0.15, 0.2) is 35.2 Å². The molecule has 0 saturated heterocycles. The lowest BCUT2D eigenvalue weighted by Crippen LogP contribution is -2.26. The lowest BCUT2D eigenvalue weighted by atomic mass is 10.1. The molecule has 1 aromatic carbocycles. The Bertz CT molecular complexity index is 605. The van der Waals surface area contributed by atoms with Crippen LogP contribution in [-0.2, 0) is 16.4 Å². The number of hydrogen-bond donors (Lipinski definition) is 2. The lowest BCUT2D eigenvalue weighted by molar-refractivity contribution is 0.0696. The second kappa shape index (κ2) is 5.99. The number of aryl methyl sites for hydroxylation is 1. The standard InChI is InChI=1S/C13H17NO4S/c1-4-10-5-6-11(13(15)16)7-12(10)19(17,18)14-8-9(2)3/h5-7,14H,2,4,8H2,1,3H3,(H,15,16). The van der Waals surface area contributed by atoms with Gasteiger partial charge in [-0.1, -0.05) is 25.1 Å². The molecule has 0 radical (unpaired) electrons. The molecule has 0 fully saturated rings. The first kappa shape index (κ1) is 15.4. The van der Waals surface area contributed by atoms with Crippen molar-refractivity contribution in [3.8, 4) is 0 Å². The molecule has 19 heavy (non-hydrogen) atoms. The Morgan fingerprint density at radius 3 is 2.53 bits per heavy atom. The molecule has 0 aliphatic carbocycles. The molecular formula is C13H17NO4S. The van der Waals surface area contributed by atoms with Crippen molar-refractivity contribution in [3.63, 3.8) is 0 Å². The Hall–Kier alpha value is -1.66. The first-order valence-corrected chi connectivity index (χ1v) is 7.26. The van der Waals surface area contributed by atoms with Crippen LogP contribution in [0.1, 0.15) is 29.8 Å². The van der Waals surface area contributed by atoms with Gasteiger partial charge in [0.15, 0.2) is 0 Å². The minimum atomic E-state index is -3.73. The van der Waals surface area contributed by atoms with Crippen molar-refractivity contribution in [2.75, 3.05) is 6.54 Å². The number of benzene rings is 1. The van der Waals surface area contributed by atoms with Crippen LogP contribution in [0.5, 0.6) is 0 Å². The summed E-state index contributed by atoms with van der Waals surface area (Å²) in [6.07, 6.45) is 0.503. The average molecular weight is 283 g/mol. The van der Waals surface area contributed by atoms with E-state index in [0.29, 0.717) is 17.6 Å². The summed E-state index contributed by atoms with van der Waals surface area (Å²) in [6.45, 7) is 7.27. The zero-order chi connectivity index (χ0) is 14.6. The monoisotopic (exact) mass is 283 g/mol. The summed E-state index contributed by atoms with van der Waals surface area (Å²) >= 11 is 0. The highest BCUT2D eigenvalue weighted by Crippen LogP contribution is 2.18. The van der Waals surface area contributed by atoms with Crippen molar-refractivity contribution < 1.29 is 18.3 Å². The smallest absolute Gasteiger partial charge is 0.335 e. The van der Waals surface area contributed by atoms with Crippen LogP contribution in [0.4, 0.5) is 0 Å². The van der Waals surface area contributed by atoms with Crippen LogP contribution in [0, 0.1) is 0 Å². The van der Waals surface area contributed by atoms with Crippen LogP contribution in [-0.4, -0.2) is 26.0 Å². The van der Waals surface area contributed by atoms with E-state index in [0.717, 1.165) is 0 Å². The number of hydrogen-bond acceptors (Lipinski definition) is 3. The number of carboxylic acids is 1. The van der Waals surface area contributed by atoms with Gasteiger partial charge in [0, 0.05) is 6.54 Å². The highest BCUT2D eigenvalue weighted by Gasteiger charge is 2.19. The van der Waals surface area contributed by atoms with E-state index >= 15 is 0 Å². The first-order valence-electron chi connectivity index (χ1n) is 5.78. The third kappa shape index (κ3) is 3.90. The van der Waals surface area contributed by atoms with Crippen molar-refractivity contribution >= 4 is 16.0 Å². The van der Waals surface area contributed by atoms with Gasteiger partial charge in [0.25, 0.3) is 0 Å². The number of rotatable bonds is 6. The number of nitrogens with one attached hydrogen (secondary N) is 1. The van der Waals surface area contributed by atoms with Gasteiger partial charge in [-0.05, 0) is 31.0 Å². The number of carboxylic acid groups (broad SMARTS) is 1. The summed E-state index contributed by atoms with van der Waals surface area (Å²) in [5.41, 5.74) is 1.21. The van der Waals surface area contributed by atoms with Crippen molar-refractivity contribution in [2.45, 2.75) is 25.2 Å². The maximum absolute atomic E-state index is 12.1. The summed E-state index contributed by atoms with van der Waals surface area (Å²) in [4.78, 5) is 10.9. The molecule has 1 rings (SSSR count). The molecule has 0 bridgehead atoms. The molecule has 2 N–H and O–H groups in total. The zero-order valence-corrected chi connectivity index (χ0v) is 11.8. The molecular weight excluding hydrogens is 266 g/mol. The largest absolute Gasteiger partial charge is 0.478 e. The Morgan fingerprint density at radius 1 is 1.42 bits per heavy atom.